The van der Waals surface area contributed by atoms with Crippen molar-refractivity contribution in [3.05, 3.63) is 23.2 Å². The highest BCUT2D eigenvalue weighted by Crippen LogP contribution is 2.30. The second-order valence-electron chi connectivity index (χ2n) is 6.12. The van der Waals surface area contributed by atoms with Gasteiger partial charge < -0.3 is 19.7 Å². The molecule has 24 heavy (non-hydrogen) atoms. The molecule has 2 aliphatic heterocycles. The Morgan fingerprint density at radius 1 is 1.38 bits per heavy atom. The summed E-state index contributed by atoms with van der Waals surface area (Å²) >= 11 is 5.98. The number of anilines is 1. The summed E-state index contributed by atoms with van der Waals surface area (Å²) in [7, 11) is 1.53. The maximum Gasteiger partial charge on any atom is 0.229 e. The summed E-state index contributed by atoms with van der Waals surface area (Å²) < 4.78 is 10.6. The molecule has 0 spiro atoms. The van der Waals surface area contributed by atoms with Crippen molar-refractivity contribution in [1.82, 2.24) is 4.90 Å². The summed E-state index contributed by atoms with van der Waals surface area (Å²) in [6, 6.07) is 5.23. The predicted molar refractivity (Wildman–Crippen MR) is 90.3 cm³/mol. The topological polar surface area (TPSA) is 67.9 Å². The maximum atomic E-state index is 12.6. The van der Waals surface area contributed by atoms with E-state index in [-0.39, 0.29) is 30.2 Å². The fourth-order valence-corrected chi connectivity index (χ4v) is 3.44. The van der Waals surface area contributed by atoms with E-state index in [1.165, 1.54) is 7.11 Å². The Labute approximate surface area is 146 Å². The van der Waals surface area contributed by atoms with Gasteiger partial charge in [0, 0.05) is 37.2 Å². The second kappa shape index (κ2) is 7.40. The third-order valence-corrected chi connectivity index (χ3v) is 4.82. The molecule has 0 bridgehead atoms. The zero-order chi connectivity index (χ0) is 17.1. The van der Waals surface area contributed by atoms with Crippen LogP contribution in [0.2, 0.25) is 5.02 Å². The highest BCUT2D eigenvalue weighted by molar-refractivity contribution is 6.31. The van der Waals surface area contributed by atoms with E-state index in [9.17, 15) is 9.59 Å². The smallest absolute Gasteiger partial charge is 0.229 e. The van der Waals surface area contributed by atoms with Crippen LogP contribution in [0.1, 0.15) is 19.3 Å². The maximum absolute atomic E-state index is 12.6. The molecule has 2 saturated heterocycles. The number of carbonyl (C=O) groups excluding carboxylic acids is 2. The Hall–Kier alpha value is -1.79. The third kappa shape index (κ3) is 3.65. The Kier molecular flexibility index (Phi) is 5.26. The fourth-order valence-electron chi connectivity index (χ4n) is 3.27. The first kappa shape index (κ1) is 17.0. The molecule has 2 heterocycles. The molecule has 1 N–H and O–H groups in total. The standard InChI is InChI=1S/C17H21ClN2O4/c1-23-15-3-2-12(18)9-14(15)19-17(22)11-8-16(21)20(10-11)13-4-6-24-7-5-13/h2-3,9,11,13H,4-8,10H2,1H3,(H,19,22). The molecular formula is C17H21ClN2O4. The van der Waals surface area contributed by atoms with E-state index >= 15 is 0 Å². The summed E-state index contributed by atoms with van der Waals surface area (Å²) in [5.74, 6) is 0.0426. The van der Waals surface area contributed by atoms with Crippen molar-refractivity contribution in [2.75, 3.05) is 32.2 Å². The average Bonchev–Trinajstić information content (AvgIpc) is 2.98. The van der Waals surface area contributed by atoms with Gasteiger partial charge in [-0.2, -0.15) is 0 Å². The van der Waals surface area contributed by atoms with Gasteiger partial charge in [-0.05, 0) is 31.0 Å². The van der Waals surface area contributed by atoms with Crippen molar-refractivity contribution in [2.24, 2.45) is 5.92 Å². The predicted octanol–water partition coefficient (Wildman–Crippen LogP) is 2.31. The number of hydrogen-bond donors (Lipinski definition) is 1. The van der Waals surface area contributed by atoms with E-state index in [1.807, 2.05) is 4.90 Å². The summed E-state index contributed by atoms with van der Waals surface area (Å²) in [5, 5.41) is 3.35. The molecule has 7 heteroatoms. The van der Waals surface area contributed by atoms with E-state index in [0.717, 1.165) is 12.8 Å². The van der Waals surface area contributed by atoms with Crippen molar-refractivity contribution >= 4 is 29.1 Å². The van der Waals surface area contributed by atoms with Gasteiger partial charge >= 0.3 is 0 Å². The number of likely N-dealkylation sites (tertiary alicyclic amines) is 1. The normalized spacial score (nSPS) is 21.8. The molecule has 2 amide bonds. The van der Waals surface area contributed by atoms with Gasteiger partial charge in [-0.3, -0.25) is 9.59 Å². The van der Waals surface area contributed by atoms with Crippen LogP contribution in [0.5, 0.6) is 5.75 Å². The minimum atomic E-state index is -0.357. The second-order valence-corrected chi connectivity index (χ2v) is 6.56. The van der Waals surface area contributed by atoms with Crippen LogP contribution < -0.4 is 10.1 Å². The number of methoxy groups -OCH3 is 1. The SMILES string of the molecule is COc1ccc(Cl)cc1NC(=O)C1CC(=O)N(C2CCOCC2)C1. The van der Waals surface area contributed by atoms with Crippen molar-refractivity contribution in [2.45, 2.75) is 25.3 Å². The van der Waals surface area contributed by atoms with Crippen LogP contribution in [0.25, 0.3) is 0 Å². The summed E-state index contributed by atoms with van der Waals surface area (Å²) in [4.78, 5) is 26.7. The number of halogens is 1. The number of benzene rings is 1. The molecule has 130 valence electrons. The van der Waals surface area contributed by atoms with Crippen LogP contribution in [-0.2, 0) is 14.3 Å². The first-order valence-corrected chi connectivity index (χ1v) is 8.48. The summed E-state index contributed by atoms with van der Waals surface area (Å²) in [5.41, 5.74) is 0.520. The van der Waals surface area contributed by atoms with Gasteiger partial charge in [0.2, 0.25) is 11.8 Å². The molecule has 1 aromatic carbocycles. The lowest BCUT2D eigenvalue weighted by atomic mass is 10.1. The van der Waals surface area contributed by atoms with E-state index in [2.05, 4.69) is 5.32 Å². The summed E-state index contributed by atoms with van der Waals surface area (Å²) in [6.07, 6.45) is 1.91. The highest BCUT2D eigenvalue weighted by Gasteiger charge is 2.38. The molecule has 1 unspecified atom stereocenters. The minimum Gasteiger partial charge on any atom is -0.495 e. The van der Waals surface area contributed by atoms with Crippen LogP contribution in [0.4, 0.5) is 5.69 Å². The van der Waals surface area contributed by atoms with Gasteiger partial charge in [0.05, 0.1) is 18.7 Å². The average molecular weight is 353 g/mol. The Bertz CT molecular complexity index is 631. The fraction of sp³-hybridized carbons (Fsp3) is 0.529. The van der Waals surface area contributed by atoms with Crippen LogP contribution in [0, 0.1) is 5.92 Å². The number of hydrogen-bond acceptors (Lipinski definition) is 4. The molecular weight excluding hydrogens is 332 g/mol. The lowest BCUT2D eigenvalue weighted by Crippen LogP contribution is -2.41. The van der Waals surface area contributed by atoms with Gasteiger partial charge in [0.1, 0.15) is 5.75 Å². The van der Waals surface area contributed by atoms with Gasteiger partial charge in [-0.25, -0.2) is 0 Å². The monoisotopic (exact) mass is 352 g/mol. The van der Waals surface area contributed by atoms with Gasteiger partial charge in [-0.1, -0.05) is 11.6 Å². The van der Waals surface area contributed by atoms with Crippen molar-refractivity contribution < 1.29 is 19.1 Å². The number of ether oxygens (including phenoxy) is 2. The van der Waals surface area contributed by atoms with Crippen molar-refractivity contribution in [3.63, 3.8) is 0 Å². The minimum absolute atomic E-state index is 0.0418. The van der Waals surface area contributed by atoms with E-state index in [0.29, 0.717) is 36.2 Å². The lowest BCUT2D eigenvalue weighted by molar-refractivity contribution is -0.131. The molecule has 0 radical (unpaired) electrons. The molecule has 2 aliphatic rings. The van der Waals surface area contributed by atoms with Crippen molar-refractivity contribution in [1.29, 1.82) is 0 Å². The molecule has 1 atom stereocenters. The van der Waals surface area contributed by atoms with Gasteiger partial charge in [0.15, 0.2) is 0 Å². The third-order valence-electron chi connectivity index (χ3n) is 4.58. The first-order chi connectivity index (χ1) is 11.6. The molecule has 0 aliphatic carbocycles. The number of nitrogens with zero attached hydrogens (tertiary/aromatic N) is 1. The highest BCUT2D eigenvalue weighted by atomic mass is 35.5. The Morgan fingerprint density at radius 3 is 2.83 bits per heavy atom. The number of carbonyl (C=O) groups is 2. The van der Waals surface area contributed by atoms with Crippen molar-refractivity contribution in [3.8, 4) is 5.75 Å². The molecule has 0 aromatic heterocycles. The van der Waals surface area contributed by atoms with E-state index in [4.69, 9.17) is 21.1 Å². The number of rotatable bonds is 4. The van der Waals surface area contributed by atoms with Crippen LogP contribution in [0.3, 0.4) is 0 Å². The van der Waals surface area contributed by atoms with E-state index in [1.54, 1.807) is 18.2 Å². The number of amides is 2. The van der Waals surface area contributed by atoms with Crippen LogP contribution in [0.15, 0.2) is 18.2 Å². The van der Waals surface area contributed by atoms with Crippen LogP contribution >= 0.6 is 11.6 Å². The Balaban J connectivity index is 1.66. The molecule has 2 fully saturated rings. The molecule has 6 nitrogen and oxygen atoms in total. The molecule has 3 rings (SSSR count). The zero-order valence-corrected chi connectivity index (χ0v) is 14.3. The summed E-state index contributed by atoms with van der Waals surface area (Å²) in [6.45, 7) is 1.80. The van der Waals surface area contributed by atoms with Crippen LogP contribution in [-0.4, -0.2) is 49.6 Å². The zero-order valence-electron chi connectivity index (χ0n) is 13.6. The quantitative estimate of drug-likeness (QED) is 0.903. The number of nitrogens with one attached hydrogen (secondary N) is 1. The van der Waals surface area contributed by atoms with Gasteiger partial charge in [0.25, 0.3) is 0 Å². The molecule has 0 saturated carbocycles. The van der Waals surface area contributed by atoms with Gasteiger partial charge in [-0.15, -0.1) is 0 Å². The van der Waals surface area contributed by atoms with E-state index < -0.39 is 0 Å². The Morgan fingerprint density at radius 2 is 2.12 bits per heavy atom. The first-order valence-electron chi connectivity index (χ1n) is 8.10. The largest absolute Gasteiger partial charge is 0.495 e. The lowest BCUT2D eigenvalue weighted by Gasteiger charge is -2.31. The molecule has 1 aromatic rings.